The van der Waals surface area contributed by atoms with Crippen LogP contribution in [0.1, 0.15) is 17.5 Å². The maximum atomic E-state index is 12.8. The second-order valence-corrected chi connectivity index (χ2v) is 9.20. The van der Waals surface area contributed by atoms with Crippen molar-refractivity contribution in [3.63, 3.8) is 0 Å². The summed E-state index contributed by atoms with van der Waals surface area (Å²) < 4.78 is 5.91. The number of allylic oxidation sites excluding steroid dienone is 2. The van der Waals surface area contributed by atoms with Crippen LogP contribution in [-0.2, 0) is 16.2 Å². The Morgan fingerprint density at radius 3 is 2.35 bits per heavy atom. The highest BCUT2D eigenvalue weighted by atomic mass is 35.5. The molecule has 5 nitrogen and oxygen atoms in total. The molecule has 5 rings (SSSR count). The van der Waals surface area contributed by atoms with E-state index in [-0.39, 0.29) is 42.1 Å². The molecule has 158 valence electrons. The zero-order valence-electron chi connectivity index (χ0n) is 16.2. The van der Waals surface area contributed by atoms with Crippen LogP contribution in [0.3, 0.4) is 0 Å². The molecular formula is C23H17Cl3N2O3. The first-order valence-electron chi connectivity index (χ1n) is 9.89. The minimum absolute atomic E-state index is 0.142. The first kappa shape index (κ1) is 20.6. The lowest BCUT2D eigenvalue weighted by Crippen LogP contribution is -2.28. The lowest BCUT2D eigenvalue weighted by atomic mass is 9.85. The first-order valence-corrected chi connectivity index (χ1v) is 11.0. The molecule has 1 heterocycles. The predicted molar refractivity (Wildman–Crippen MR) is 119 cm³/mol. The zero-order valence-corrected chi connectivity index (χ0v) is 18.4. The number of hydrogen-bond acceptors (Lipinski definition) is 4. The van der Waals surface area contributed by atoms with Gasteiger partial charge in [0.2, 0.25) is 0 Å². The second kappa shape index (κ2) is 7.97. The van der Waals surface area contributed by atoms with Gasteiger partial charge in [-0.2, -0.15) is 10.1 Å². The van der Waals surface area contributed by atoms with E-state index in [0.717, 1.165) is 17.0 Å². The van der Waals surface area contributed by atoms with Crippen LogP contribution in [0, 0.1) is 23.7 Å². The SMILES string of the molecule is O=C1C2C3C=CC(C3)C2C(=O)N1N=Cc1cc(Cl)ccc1OCc1ccc(Cl)c(Cl)c1. The summed E-state index contributed by atoms with van der Waals surface area (Å²) in [4.78, 5) is 25.6. The molecule has 2 aromatic rings. The van der Waals surface area contributed by atoms with Crippen LogP contribution in [0.15, 0.2) is 53.7 Å². The average molecular weight is 476 g/mol. The van der Waals surface area contributed by atoms with Gasteiger partial charge in [0.15, 0.2) is 0 Å². The van der Waals surface area contributed by atoms with Crippen molar-refractivity contribution in [1.29, 1.82) is 0 Å². The van der Waals surface area contributed by atoms with Crippen LogP contribution in [0.25, 0.3) is 0 Å². The fourth-order valence-corrected chi connectivity index (χ4v) is 5.16. The molecule has 31 heavy (non-hydrogen) atoms. The van der Waals surface area contributed by atoms with Crippen molar-refractivity contribution >= 4 is 52.8 Å². The molecule has 4 atom stereocenters. The molecule has 1 saturated heterocycles. The van der Waals surface area contributed by atoms with E-state index in [4.69, 9.17) is 39.5 Å². The molecule has 3 aliphatic rings. The van der Waals surface area contributed by atoms with Crippen molar-refractivity contribution in [1.82, 2.24) is 5.01 Å². The molecular weight excluding hydrogens is 459 g/mol. The monoisotopic (exact) mass is 474 g/mol. The van der Waals surface area contributed by atoms with Gasteiger partial charge in [0, 0.05) is 10.6 Å². The summed E-state index contributed by atoms with van der Waals surface area (Å²) in [6.45, 7) is 0.250. The quantitative estimate of drug-likeness (QED) is 0.332. The maximum Gasteiger partial charge on any atom is 0.254 e. The lowest BCUT2D eigenvalue weighted by molar-refractivity contribution is -0.140. The molecule has 2 aromatic carbocycles. The van der Waals surface area contributed by atoms with E-state index in [1.54, 1.807) is 30.3 Å². The molecule has 4 unspecified atom stereocenters. The van der Waals surface area contributed by atoms with Crippen LogP contribution in [0.4, 0.5) is 0 Å². The molecule has 8 heteroatoms. The molecule has 0 radical (unpaired) electrons. The van der Waals surface area contributed by atoms with Gasteiger partial charge in [-0.05, 0) is 54.2 Å². The van der Waals surface area contributed by atoms with E-state index in [1.807, 2.05) is 6.07 Å². The summed E-state index contributed by atoms with van der Waals surface area (Å²) in [6.07, 6.45) is 6.43. The third-order valence-electron chi connectivity index (χ3n) is 6.11. The predicted octanol–water partition coefficient (Wildman–Crippen LogP) is 5.37. The number of hydrazone groups is 1. The standard InChI is InChI=1S/C23H17Cl3N2O3/c24-16-4-6-19(31-11-12-1-5-17(25)18(26)7-12)15(9-16)10-27-28-22(29)20-13-2-3-14(8-13)21(20)23(28)30/h1-7,9-10,13-14,20-21H,8,11H2. The van der Waals surface area contributed by atoms with Crippen molar-refractivity contribution in [2.45, 2.75) is 13.0 Å². The number of carbonyl (C=O) groups is 2. The van der Waals surface area contributed by atoms with Gasteiger partial charge in [0.1, 0.15) is 12.4 Å². The number of imide groups is 1. The smallest absolute Gasteiger partial charge is 0.254 e. The molecule has 2 aliphatic carbocycles. The van der Waals surface area contributed by atoms with E-state index in [0.29, 0.717) is 26.4 Å². The highest BCUT2D eigenvalue weighted by Gasteiger charge is 2.59. The minimum atomic E-state index is -0.288. The lowest BCUT2D eigenvalue weighted by Gasteiger charge is -2.13. The third-order valence-corrected chi connectivity index (χ3v) is 7.08. The number of fused-ring (bicyclic) bond motifs is 5. The Bertz CT molecular complexity index is 1120. The van der Waals surface area contributed by atoms with Crippen LogP contribution >= 0.6 is 34.8 Å². The van der Waals surface area contributed by atoms with Crippen molar-refractivity contribution in [3.05, 3.63) is 74.7 Å². The second-order valence-electron chi connectivity index (χ2n) is 7.95. The van der Waals surface area contributed by atoms with Gasteiger partial charge in [-0.15, -0.1) is 0 Å². The number of nitrogens with zero attached hydrogens (tertiary/aromatic N) is 2. The van der Waals surface area contributed by atoms with Gasteiger partial charge in [-0.1, -0.05) is 53.0 Å². The largest absolute Gasteiger partial charge is 0.488 e. The fraction of sp³-hybridized carbons (Fsp3) is 0.261. The Balaban J connectivity index is 1.35. The van der Waals surface area contributed by atoms with Crippen LogP contribution < -0.4 is 4.74 Å². The number of halogens is 3. The highest BCUT2D eigenvalue weighted by molar-refractivity contribution is 6.42. The van der Waals surface area contributed by atoms with Gasteiger partial charge < -0.3 is 4.74 Å². The number of hydrogen-bond donors (Lipinski definition) is 0. The molecule has 1 aliphatic heterocycles. The molecule has 2 amide bonds. The van der Waals surface area contributed by atoms with E-state index in [2.05, 4.69) is 17.3 Å². The number of benzene rings is 2. The summed E-state index contributed by atoms with van der Waals surface area (Å²) in [7, 11) is 0. The van der Waals surface area contributed by atoms with Crippen LogP contribution in [-0.4, -0.2) is 23.0 Å². The maximum absolute atomic E-state index is 12.8. The van der Waals surface area contributed by atoms with E-state index in [9.17, 15) is 9.59 Å². The number of carbonyl (C=O) groups excluding carboxylic acids is 2. The van der Waals surface area contributed by atoms with Gasteiger partial charge in [-0.25, -0.2) is 0 Å². The summed E-state index contributed by atoms with van der Waals surface area (Å²) >= 11 is 18.2. The minimum Gasteiger partial charge on any atom is -0.488 e. The molecule has 0 N–H and O–H groups in total. The third kappa shape index (κ3) is 3.65. The zero-order chi connectivity index (χ0) is 21.7. The molecule has 0 spiro atoms. The first-order chi connectivity index (χ1) is 14.9. The fourth-order valence-electron chi connectivity index (χ4n) is 4.66. The van der Waals surface area contributed by atoms with Crippen LogP contribution in [0.2, 0.25) is 15.1 Å². The van der Waals surface area contributed by atoms with E-state index in [1.165, 1.54) is 6.21 Å². The number of ether oxygens (including phenoxy) is 1. The Morgan fingerprint density at radius 1 is 0.968 bits per heavy atom. The molecule has 2 bridgehead atoms. The van der Waals surface area contributed by atoms with Crippen molar-refractivity contribution in [2.24, 2.45) is 28.8 Å². The van der Waals surface area contributed by atoms with E-state index >= 15 is 0 Å². The Kier molecular flexibility index (Phi) is 5.29. The van der Waals surface area contributed by atoms with Crippen molar-refractivity contribution < 1.29 is 14.3 Å². The topological polar surface area (TPSA) is 59.0 Å². The Hall–Kier alpha value is -2.34. The molecule has 1 saturated carbocycles. The highest BCUT2D eigenvalue weighted by Crippen LogP contribution is 2.52. The number of amides is 2. The van der Waals surface area contributed by atoms with Crippen molar-refractivity contribution in [2.75, 3.05) is 0 Å². The van der Waals surface area contributed by atoms with Gasteiger partial charge in [0.05, 0.1) is 28.1 Å². The Labute approximate surface area is 194 Å². The van der Waals surface area contributed by atoms with Gasteiger partial charge in [-0.3, -0.25) is 9.59 Å². The molecule has 0 aromatic heterocycles. The van der Waals surface area contributed by atoms with E-state index < -0.39 is 0 Å². The van der Waals surface area contributed by atoms with Gasteiger partial charge >= 0.3 is 0 Å². The van der Waals surface area contributed by atoms with Gasteiger partial charge in [0.25, 0.3) is 11.8 Å². The normalized spacial score (nSPS) is 26.4. The summed E-state index contributed by atoms with van der Waals surface area (Å²) in [5.41, 5.74) is 1.40. The average Bonchev–Trinajstić information content (AvgIpc) is 3.43. The summed E-state index contributed by atoms with van der Waals surface area (Å²) in [5, 5.41) is 6.63. The Morgan fingerprint density at radius 2 is 1.68 bits per heavy atom. The summed E-state index contributed by atoms with van der Waals surface area (Å²) in [5.74, 6) is -0.244. The van der Waals surface area contributed by atoms with Crippen LogP contribution in [0.5, 0.6) is 5.75 Å². The van der Waals surface area contributed by atoms with Crippen molar-refractivity contribution in [3.8, 4) is 5.75 Å². The molecule has 2 fully saturated rings. The number of rotatable bonds is 5. The summed E-state index contributed by atoms with van der Waals surface area (Å²) in [6, 6.07) is 10.3.